The summed E-state index contributed by atoms with van der Waals surface area (Å²) in [5, 5.41) is 3.61. The predicted octanol–water partition coefficient (Wildman–Crippen LogP) is 5.64. The van der Waals surface area contributed by atoms with Crippen LogP contribution in [-0.2, 0) is 25.9 Å². The van der Waals surface area contributed by atoms with Gasteiger partial charge in [0.25, 0.3) is 0 Å². The fourth-order valence-electron chi connectivity index (χ4n) is 4.73. The monoisotopic (exact) mass is 488 g/mol. The molecule has 192 valence electrons. The highest BCUT2D eigenvalue weighted by Gasteiger charge is 2.10. The second kappa shape index (κ2) is 13.9. The summed E-state index contributed by atoms with van der Waals surface area (Å²) < 4.78 is 16.7. The predicted molar refractivity (Wildman–Crippen MR) is 146 cm³/mol. The molecule has 5 nitrogen and oxygen atoms in total. The Hall–Kier alpha value is -3.02. The van der Waals surface area contributed by atoms with Crippen molar-refractivity contribution in [2.45, 2.75) is 45.2 Å². The molecule has 1 N–H and O–H groups in total. The van der Waals surface area contributed by atoms with E-state index in [0.717, 1.165) is 56.3 Å². The van der Waals surface area contributed by atoms with Crippen LogP contribution in [0.3, 0.4) is 0 Å². The summed E-state index contributed by atoms with van der Waals surface area (Å²) in [5.41, 5.74) is 5.18. The molecule has 0 amide bonds. The van der Waals surface area contributed by atoms with Crippen LogP contribution in [0.5, 0.6) is 17.2 Å². The van der Waals surface area contributed by atoms with Crippen molar-refractivity contribution in [2.24, 2.45) is 0 Å². The molecule has 1 aliphatic rings. The summed E-state index contributed by atoms with van der Waals surface area (Å²) >= 11 is 0. The van der Waals surface area contributed by atoms with Gasteiger partial charge < -0.3 is 19.5 Å². The van der Waals surface area contributed by atoms with E-state index in [-0.39, 0.29) is 0 Å². The van der Waals surface area contributed by atoms with Crippen molar-refractivity contribution >= 4 is 0 Å². The standard InChI is InChI=1S/C31H40N2O3/c1-34-29-13-7-25(8-14-29)6-11-27-12-17-31(35-2)22-28(27)24-32-23-26-9-15-30(16-10-26)36-21-20-33-18-4-3-5-19-33/h7-10,12-17,22,32H,3-6,11,18-21,23-24H2,1-2H3. The smallest absolute Gasteiger partial charge is 0.119 e. The Kier molecular flexibility index (Phi) is 10.1. The highest BCUT2D eigenvalue weighted by atomic mass is 16.5. The Balaban J connectivity index is 1.25. The number of nitrogens with zero attached hydrogens (tertiary/aromatic N) is 1. The minimum atomic E-state index is 0.757. The van der Waals surface area contributed by atoms with Gasteiger partial charge in [0.15, 0.2) is 0 Å². The summed E-state index contributed by atoms with van der Waals surface area (Å²) in [7, 11) is 3.42. The summed E-state index contributed by atoms with van der Waals surface area (Å²) in [6.07, 6.45) is 5.98. The van der Waals surface area contributed by atoms with Crippen LogP contribution >= 0.6 is 0 Å². The van der Waals surface area contributed by atoms with Crippen molar-refractivity contribution < 1.29 is 14.2 Å². The molecule has 0 spiro atoms. The van der Waals surface area contributed by atoms with Gasteiger partial charge in [-0.1, -0.05) is 36.8 Å². The maximum absolute atomic E-state index is 5.97. The Morgan fingerprint density at radius 2 is 1.33 bits per heavy atom. The lowest BCUT2D eigenvalue weighted by atomic mass is 9.99. The van der Waals surface area contributed by atoms with Crippen LogP contribution in [0.1, 0.15) is 41.5 Å². The van der Waals surface area contributed by atoms with Gasteiger partial charge in [0.2, 0.25) is 0 Å². The van der Waals surface area contributed by atoms with Crippen LogP contribution in [0.25, 0.3) is 0 Å². The third kappa shape index (κ3) is 8.00. The average Bonchev–Trinajstić information content (AvgIpc) is 2.94. The SMILES string of the molecule is COc1ccc(CCc2ccc(OC)cc2CNCc2ccc(OCCN3CCCCC3)cc2)cc1. The number of methoxy groups -OCH3 is 2. The molecule has 0 unspecified atom stereocenters. The quantitative estimate of drug-likeness (QED) is 0.337. The van der Waals surface area contributed by atoms with E-state index in [4.69, 9.17) is 14.2 Å². The summed E-state index contributed by atoms with van der Waals surface area (Å²) in [4.78, 5) is 2.51. The van der Waals surface area contributed by atoms with Gasteiger partial charge in [-0.15, -0.1) is 0 Å². The van der Waals surface area contributed by atoms with Gasteiger partial charge in [-0.3, -0.25) is 4.90 Å². The maximum Gasteiger partial charge on any atom is 0.119 e. The van der Waals surface area contributed by atoms with Crippen molar-refractivity contribution in [3.05, 3.63) is 89.0 Å². The lowest BCUT2D eigenvalue weighted by Crippen LogP contribution is -2.33. The third-order valence-electron chi connectivity index (χ3n) is 6.95. The van der Waals surface area contributed by atoms with Crippen molar-refractivity contribution in [1.82, 2.24) is 10.2 Å². The molecule has 36 heavy (non-hydrogen) atoms. The van der Waals surface area contributed by atoms with Crippen LogP contribution in [0.15, 0.2) is 66.7 Å². The molecular formula is C31H40N2O3. The zero-order valence-electron chi connectivity index (χ0n) is 21.8. The van der Waals surface area contributed by atoms with Gasteiger partial charge in [0.1, 0.15) is 23.9 Å². The number of likely N-dealkylation sites (tertiary alicyclic amines) is 1. The molecule has 3 aromatic rings. The minimum absolute atomic E-state index is 0.757. The van der Waals surface area contributed by atoms with Crippen molar-refractivity contribution in [1.29, 1.82) is 0 Å². The van der Waals surface area contributed by atoms with Gasteiger partial charge in [0, 0.05) is 19.6 Å². The number of aryl methyl sites for hydroxylation is 2. The maximum atomic E-state index is 5.97. The zero-order valence-corrected chi connectivity index (χ0v) is 21.8. The number of hydrogen-bond donors (Lipinski definition) is 1. The molecule has 0 atom stereocenters. The summed E-state index contributed by atoms with van der Waals surface area (Å²) in [6.45, 7) is 5.80. The normalized spacial score (nSPS) is 13.9. The first-order chi connectivity index (χ1) is 17.7. The number of benzene rings is 3. The van der Waals surface area contributed by atoms with Crippen LogP contribution in [0.2, 0.25) is 0 Å². The molecule has 0 saturated carbocycles. The first kappa shape index (κ1) is 26.1. The topological polar surface area (TPSA) is 43.0 Å². The van der Waals surface area contributed by atoms with Gasteiger partial charge in [-0.2, -0.15) is 0 Å². The van der Waals surface area contributed by atoms with Gasteiger partial charge >= 0.3 is 0 Å². The minimum Gasteiger partial charge on any atom is -0.497 e. The highest BCUT2D eigenvalue weighted by Crippen LogP contribution is 2.21. The number of hydrogen-bond acceptors (Lipinski definition) is 5. The van der Waals surface area contributed by atoms with Crippen molar-refractivity contribution in [2.75, 3.05) is 40.5 Å². The average molecular weight is 489 g/mol. The largest absolute Gasteiger partial charge is 0.497 e. The first-order valence-corrected chi connectivity index (χ1v) is 13.2. The van der Waals surface area contributed by atoms with E-state index < -0.39 is 0 Å². The molecule has 1 heterocycles. The Bertz CT molecular complexity index is 1040. The fourth-order valence-corrected chi connectivity index (χ4v) is 4.73. The molecule has 4 rings (SSSR count). The number of piperidine rings is 1. The second-order valence-corrected chi connectivity index (χ2v) is 9.48. The van der Waals surface area contributed by atoms with Gasteiger partial charge in [-0.25, -0.2) is 0 Å². The number of nitrogens with one attached hydrogen (secondary N) is 1. The van der Waals surface area contributed by atoms with E-state index in [1.54, 1.807) is 14.2 Å². The van der Waals surface area contributed by atoms with E-state index in [1.165, 1.54) is 54.6 Å². The second-order valence-electron chi connectivity index (χ2n) is 9.48. The summed E-state index contributed by atoms with van der Waals surface area (Å²) in [5.74, 6) is 2.74. The van der Waals surface area contributed by atoms with Gasteiger partial charge in [0.05, 0.1) is 14.2 Å². The molecule has 0 aromatic heterocycles. The zero-order chi connectivity index (χ0) is 25.0. The van der Waals surface area contributed by atoms with Crippen molar-refractivity contribution in [3.63, 3.8) is 0 Å². The lowest BCUT2D eigenvalue weighted by Gasteiger charge is -2.26. The molecule has 1 aliphatic heterocycles. The summed E-state index contributed by atoms with van der Waals surface area (Å²) in [6, 6.07) is 23.2. The fraction of sp³-hybridized carbons (Fsp3) is 0.419. The van der Waals surface area contributed by atoms with Crippen LogP contribution < -0.4 is 19.5 Å². The van der Waals surface area contributed by atoms with E-state index >= 15 is 0 Å². The van der Waals surface area contributed by atoms with Gasteiger partial charge in [-0.05, 0) is 97.4 Å². The molecular weight excluding hydrogens is 448 g/mol. The molecule has 0 bridgehead atoms. The van der Waals surface area contributed by atoms with E-state index in [2.05, 4.69) is 64.8 Å². The molecule has 3 aromatic carbocycles. The lowest BCUT2D eigenvalue weighted by molar-refractivity contribution is 0.183. The molecule has 1 saturated heterocycles. The number of rotatable bonds is 13. The van der Waals surface area contributed by atoms with E-state index in [9.17, 15) is 0 Å². The Labute approximate surface area is 216 Å². The van der Waals surface area contributed by atoms with Crippen LogP contribution in [0.4, 0.5) is 0 Å². The van der Waals surface area contributed by atoms with Crippen LogP contribution in [-0.4, -0.2) is 45.4 Å². The molecule has 0 aliphatic carbocycles. The Morgan fingerprint density at radius 3 is 2.06 bits per heavy atom. The first-order valence-electron chi connectivity index (χ1n) is 13.2. The van der Waals surface area contributed by atoms with Crippen LogP contribution in [0, 0.1) is 0 Å². The molecule has 5 heteroatoms. The van der Waals surface area contributed by atoms with E-state index in [1.807, 2.05) is 12.1 Å². The molecule has 0 radical (unpaired) electrons. The number of ether oxygens (including phenoxy) is 3. The van der Waals surface area contributed by atoms with E-state index in [0.29, 0.717) is 0 Å². The molecule has 1 fully saturated rings. The Morgan fingerprint density at radius 1 is 0.667 bits per heavy atom. The highest BCUT2D eigenvalue weighted by molar-refractivity contribution is 5.37. The third-order valence-corrected chi connectivity index (χ3v) is 6.95. The van der Waals surface area contributed by atoms with Crippen molar-refractivity contribution in [3.8, 4) is 17.2 Å².